The van der Waals surface area contributed by atoms with Crippen molar-refractivity contribution in [1.82, 2.24) is 4.98 Å². The summed E-state index contributed by atoms with van der Waals surface area (Å²) in [5, 5.41) is 3.49. The van der Waals surface area contributed by atoms with Crippen molar-refractivity contribution in [1.29, 1.82) is 0 Å². The molecule has 0 aliphatic carbocycles. The van der Waals surface area contributed by atoms with Crippen LogP contribution in [0.4, 0.5) is 17.2 Å². The zero-order chi connectivity index (χ0) is 21.7. The van der Waals surface area contributed by atoms with E-state index in [1.807, 2.05) is 6.07 Å². The molecular formula is C21H22ClN3O4S. The van der Waals surface area contributed by atoms with Crippen LogP contribution in [-0.2, 0) is 10.0 Å². The zero-order valence-electron chi connectivity index (χ0n) is 16.8. The number of aromatic nitrogens is 1. The molecule has 0 atom stereocenters. The first-order chi connectivity index (χ1) is 14.4. The predicted molar refractivity (Wildman–Crippen MR) is 119 cm³/mol. The summed E-state index contributed by atoms with van der Waals surface area (Å²) in [4.78, 5) is 4.35. The Hall–Kier alpha value is -2.97. The van der Waals surface area contributed by atoms with Gasteiger partial charge in [-0.1, -0.05) is 29.8 Å². The quantitative estimate of drug-likeness (QED) is 0.538. The first-order valence-corrected chi connectivity index (χ1v) is 10.9. The molecule has 0 aliphatic rings. The van der Waals surface area contributed by atoms with Crippen molar-refractivity contribution >= 4 is 38.8 Å². The van der Waals surface area contributed by atoms with Crippen LogP contribution < -0.4 is 19.1 Å². The molecule has 3 rings (SSSR count). The van der Waals surface area contributed by atoms with Gasteiger partial charge in [-0.25, -0.2) is 13.4 Å². The molecule has 0 spiro atoms. The fraction of sp³-hybridized carbons (Fsp3) is 0.190. The predicted octanol–water partition coefficient (Wildman–Crippen LogP) is 4.71. The zero-order valence-corrected chi connectivity index (χ0v) is 18.4. The third kappa shape index (κ3) is 4.44. The Morgan fingerprint density at radius 1 is 1.03 bits per heavy atom. The highest BCUT2D eigenvalue weighted by Gasteiger charge is 2.24. The number of halogens is 1. The summed E-state index contributed by atoms with van der Waals surface area (Å²) in [5.41, 5.74) is 1.17. The van der Waals surface area contributed by atoms with Gasteiger partial charge in [0.25, 0.3) is 10.0 Å². The van der Waals surface area contributed by atoms with Crippen LogP contribution in [0, 0.1) is 0 Å². The monoisotopic (exact) mass is 447 g/mol. The van der Waals surface area contributed by atoms with Gasteiger partial charge in [-0.2, -0.15) is 0 Å². The SMILES string of the molecule is CCN(c1ccccc1)S(=O)(=O)c1ccc(Nc2cc(Cl)c(OC)cc2OC)nc1. The third-order valence-corrected chi connectivity index (χ3v) is 6.57. The van der Waals surface area contributed by atoms with Gasteiger partial charge < -0.3 is 14.8 Å². The minimum Gasteiger partial charge on any atom is -0.495 e. The highest BCUT2D eigenvalue weighted by molar-refractivity contribution is 7.92. The number of hydrogen-bond donors (Lipinski definition) is 1. The highest BCUT2D eigenvalue weighted by Crippen LogP contribution is 2.37. The maximum atomic E-state index is 13.1. The average molecular weight is 448 g/mol. The van der Waals surface area contributed by atoms with E-state index in [9.17, 15) is 8.42 Å². The summed E-state index contributed by atoms with van der Waals surface area (Å²) >= 11 is 6.19. The van der Waals surface area contributed by atoms with Crippen LogP contribution in [0.1, 0.15) is 6.92 Å². The molecule has 0 fully saturated rings. The van der Waals surface area contributed by atoms with Gasteiger partial charge in [0.1, 0.15) is 22.2 Å². The van der Waals surface area contributed by atoms with E-state index in [2.05, 4.69) is 10.3 Å². The molecule has 0 saturated heterocycles. The largest absolute Gasteiger partial charge is 0.495 e. The van der Waals surface area contributed by atoms with E-state index in [4.69, 9.17) is 21.1 Å². The van der Waals surface area contributed by atoms with E-state index < -0.39 is 10.0 Å². The molecule has 30 heavy (non-hydrogen) atoms. The second-order valence-corrected chi connectivity index (χ2v) is 8.47. The molecule has 1 heterocycles. The van der Waals surface area contributed by atoms with Crippen LogP contribution in [-0.4, -0.2) is 34.2 Å². The molecule has 3 aromatic rings. The van der Waals surface area contributed by atoms with Crippen LogP contribution in [0.3, 0.4) is 0 Å². The van der Waals surface area contributed by atoms with Gasteiger partial charge in [0.15, 0.2) is 0 Å². The summed E-state index contributed by atoms with van der Waals surface area (Å²) in [6.45, 7) is 2.08. The number of anilines is 3. The Bertz CT molecular complexity index is 1110. The summed E-state index contributed by atoms with van der Waals surface area (Å²) in [6, 6.07) is 15.3. The first-order valence-electron chi connectivity index (χ1n) is 9.13. The second kappa shape index (κ2) is 9.23. The minimum atomic E-state index is -3.74. The van der Waals surface area contributed by atoms with E-state index in [1.165, 1.54) is 30.8 Å². The van der Waals surface area contributed by atoms with Crippen molar-refractivity contribution in [3.63, 3.8) is 0 Å². The van der Waals surface area contributed by atoms with Crippen molar-refractivity contribution in [3.8, 4) is 11.5 Å². The number of benzene rings is 2. The van der Waals surface area contributed by atoms with Gasteiger partial charge in [-0.15, -0.1) is 0 Å². The molecule has 0 saturated carbocycles. The number of hydrogen-bond acceptors (Lipinski definition) is 6. The molecule has 0 amide bonds. The molecule has 1 aromatic heterocycles. The number of rotatable bonds is 8. The molecule has 0 bridgehead atoms. The van der Waals surface area contributed by atoms with Crippen LogP contribution in [0.5, 0.6) is 11.5 Å². The van der Waals surface area contributed by atoms with Gasteiger partial charge in [0.05, 0.1) is 30.6 Å². The third-order valence-electron chi connectivity index (χ3n) is 4.39. The standard InChI is InChI=1S/C21H22ClN3O4S/c1-4-25(15-8-6-5-7-9-15)30(26,27)16-10-11-21(23-14-16)24-18-12-17(22)19(28-2)13-20(18)29-3/h5-14H,4H2,1-3H3,(H,23,24). The van der Waals surface area contributed by atoms with Gasteiger partial charge in [0, 0.05) is 18.8 Å². The van der Waals surface area contributed by atoms with E-state index >= 15 is 0 Å². The number of ether oxygens (including phenoxy) is 2. The smallest absolute Gasteiger partial charge is 0.265 e. The molecule has 0 radical (unpaired) electrons. The number of nitrogens with one attached hydrogen (secondary N) is 1. The van der Waals surface area contributed by atoms with Crippen molar-refractivity contribution in [2.45, 2.75) is 11.8 Å². The Morgan fingerprint density at radius 2 is 1.73 bits per heavy atom. The van der Waals surface area contributed by atoms with Crippen molar-refractivity contribution < 1.29 is 17.9 Å². The molecule has 0 unspecified atom stereocenters. The maximum absolute atomic E-state index is 13.1. The van der Waals surface area contributed by atoms with Crippen molar-refractivity contribution in [2.75, 3.05) is 30.4 Å². The lowest BCUT2D eigenvalue weighted by Gasteiger charge is -2.22. The van der Waals surface area contributed by atoms with Crippen LogP contribution in [0.2, 0.25) is 5.02 Å². The lowest BCUT2D eigenvalue weighted by atomic mass is 10.2. The van der Waals surface area contributed by atoms with Gasteiger partial charge in [-0.3, -0.25) is 4.31 Å². The Balaban J connectivity index is 1.87. The molecule has 2 aromatic carbocycles. The molecule has 7 nitrogen and oxygen atoms in total. The van der Waals surface area contributed by atoms with Crippen molar-refractivity contribution in [2.24, 2.45) is 0 Å². The number of pyridine rings is 1. The Kier molecular flexibility index (Phi) is 6.69. The summed E-state index contributed by atoms with van der Waals surface area (Å²) in [5.74, 6) is 1.43. The summed E-state index contributed by atoms with van der Waals surface area (Å²) in [6.07, 6.45) is 1.32. The van der Waals surface area contributed by atoms with E-state index in [1.54, 1.807) is 49.4 Å². The second-order valence-electron chi connectivity index (χ2n) is 6.20. The molecular weight excluding hydrogens is 426 g/mol. The van der Waals surface area contributed by atoms with E-state index in [-0.39, 0.29) is 4.90 Å². The van der Waals surface area contributed by atoms with Gasteiger partial charge in [-0.05, 0) is 37.3 Å². The normalized spacial score (nSPS) is 11.1. The first kappa shape index (κ1) is 21.7. The fourth-order valence-corrected chi connectivity index (χ4v) is 4.58. The fourth-order valence-electron chi connectivity index (χ4n) is 2.92. The van der Waals surface area contributed by atoms with Gasteiger partial charge >= 0.3 is 0 Å². The van der Waals surface area contributed by atoms with Crippen molar-refractivity contribution in [3.05, 3.63) is 65.8 Å². The lowest BCUT2D eigenvalue weighted by molar-refractivity contribution is 0.396. The summed E-state index contributed by atoms with van der Waals surface area (Å²) < 4.78 is 38.0. The topological polar surface area (TPSA) is 80.8 Å². The van der Waals surface area contributed by atoms with Crippen LogP contribution in [0.15, 0.2) is 65.7 Å². The van der Waals surface area contributed by atoms with Gasteiger partial charge in [0.2, 0.25) is 0 Å². The van der Waals surface area contributed by atoms with E-state index in [0.29, 0.717) is 40.3 Å². The van der Waals surface area contributed by atoms with Crippen LogP contribution in [0.25, 0.3) is 0 Å². The average Bonchev–Trinajstić information content (AvgIpc) is 2.75. The number of para-hydroxylation sites is 1. The lowest BCUT2D eigenvalue weighted by Crippen LogP contribution is -2.30. The van der Waals surface area contributed by atoms with Crippen LogP contribution >= 0.6 is 11.6 Å². The number of methoxy groups -OCH3 is 2. The molecule has 158 valence electrons. The summed E-state index contributed by atoms with van der Waals surface area (Å²) in [7, 11) is -0.697. The Morgan fingerprint density at radius 3 is 2.30 bits per heavy atom. The molecule has 9 heteroatoms. The molecule has 1 N–H and O–H groups in total. The highest BCUT2D eigenvalue weighted by atomic mass is 35.5. The maximum Gasteiger partial charge on any atom is 0.265 e. The number of nitrogens with zero attached hydrogens (tertiary/aromatic N) is 2. The minimum absolute atomic E-state index is 0.0958. The molecule has 0 aliphatic heterocycles. The van der Waals surface area contributed by atoms with E-state index in [0.717, 1.165) is 0 Å². The number of sulfonamides is 1. The Labute approximate surface area is 181 Å².